The number of nitrogens with one attached hydrogen (secondary N) is 1. The molecule has 4 rings (SSSR count). The monoisotopic (exact) mass is 415 g/mol. The van der Waals surface area contributed by atoms with Crippen LogP contribution in [0.1, 0.15) is 23.6 Å². The lowest BCUT2D eigenvalue weighted by Gasteiger charge is -2.25. The molecule has 2 aromatic carbocycles. The molecule has 30 heavy (non-hydrogen) atoms. The van der Waals surface area contributed by atoms with Crippen LogP contribution in [0.4, 0.5) is 14.6 Å². The molecular weight excluding hydrogens is 396 g/mol. The van der Waals surface area contributed by atoms with Gasteiger partial charge in [-0.15, -0.1) is 0 Å². The van der Waals surface area contributed by atoms with Gasteiger partial charge in [0.15, 0.2) is 11.5 Å². The van der Waals surface area contributed by atoms with Crippen LogP contribution in [-0.4, -0.2) is 36.8 Å². The molecule has 0 saturated carbocycles. The molecule has 9 heteroatoms. The maximum Gasteiger partial charge on any atom is 0.226 e. The number of imidazole rings is 1. The minimum Gasteiger partial charge on any atom is -0.496 e. The van der Waals surface area contributed by atoms with Crippen LogP contribution in [-0.2, 0) is 4.79 Å². The minimum absolute atomic E-state index is 0.118. The maximum atomic E-state index is 13.7. The van der Waals surface area contributed by atoms with Crippen LogP contribution >= 0.6 is 0 Å². The third kappa shape index (κ3) is 3.32. The number of amides is 1. The number of rotatable bonds is 5. The van der Waals surface area contributed by atoms with E-state index in [2.05, 4.69) is 10.3 Å². The van der Waals surface area contributed by atoms with Gasteiger partial charge in [0.2, 0.25) is 5.91 Å². The Labute approximate surface area is 171 Å². The first-order chi connectivity index (χ1) is 14.4. The van der Waals surface area contributed by atoms with E-state index in [4.69, 9.17) is 14.2 Å². The molecule has 1 N–H and O–H groups in total. The van der Waals surface area contributed by atoms with Crippen molar-refractivity contribution in [1.29, 1.82) is 0 Å². The summed E-state index contributed by atoms with van der Waals surface area (Å²) in [4.78, 5) is 16.9. The summed E-state index contributed by atoms with van der Waals surface area (Å²) in [6.07, 6.45) is 1.54. The molecule has 2 heterocycles. The topological polar surface area (TPSA) is 74.6 Å². The number of nitrogens with zero attached hydrogens (tertiary/aromatic N) is 2. The highest BCUT2D eigenvalue weighted by atomic mass is 19.1. The fourth-order valence-electron chi connectivity index (χ4n) is 3.66. The number of hydrogen-bond acceptors (Lipinski definition) is 5. The number of aromatic nitrogens is 2. The standard InChI is InChI=1S/C21H19F2N3O4/c1-28-16-9-18(30-3)17(29-2)7-14(16)15-8-19(27)25-21-20(15)24-10-26(21)13-5-11(22)4-12(23)6-13/h4-7,9-10,15H,8H2,1-3H3,(H,25,27)/t15-/m1/s1. The van der Waals surface area contributed by atoms with E-state index in [1.165, 1.54) is 32.2 Å². The van der Waals surface area contributed by atoms with Gasteiger partial charge < -0.3 is 19.5 Å². The number of ether oxygens (including phenoxy) is 3. The van der Waals surface area contributed by atoms with Crippen molar-refractivity contribution in [2.24, 2.45) is 0 Å². The molecular formula is C21H19F2N3O4. The van der Waals surface area contributed by atoms with Crippen LogP contribution in [0.5, 0.6) is 17.2 Å². The number of hydrogen-bond donors (Lipinski definition) is 1. The Bertz CT molecular complexity index is 1110. The first kappa shape index (κ1) is 19.7. The molecule has 1 amide bonds. The Kier molecular flexibility index (Phi) is 5.03. The first-order valence-electron chi connectivity index (χ1n) is 9.08. The van der Waals surface area contributed by atoms with E-state index in [0.717, 1.165) is 18.2 Å². The van der Waals surface area contributed by atoms with Crippen molar-refractivity contribution < 1.29 is 27.8 Å². The van der Waals surface area contributed by atoms with Crippen LogP contribution in [0.25, 0.3) is 5.69 Å². The van der Waals surface area contributed by atoms with E-state index in [0.29, 0.717) is 34.3 Å². The average molecular weight is 415 g/mol. The minimum atomic E-state index is -0.729. The zero-order valence-electron chi connectivity index (χ0n) is 16.5. The van der Waals surface area contributed by atoms with Gasteiger partial charge in [-0.05, 0) is 18.2 Å². The van der Waals surface area contributed by atoms with E-state index < -0.39 is 17.6 Å². The van der Waals surface area contributed by atoms with Crippen molar-refractivity contribution in [2.75, 3.05) is 26.6 Å². The summed E-state index contributed by atoms with van der Waals surface area (Å²) in [5.41, 5.74) is 1.44. The largest absolute Gasteiger partial charge is 0.496 e. The van der Waals surface area contributed by atoms with Gasteiger partial charge in [0.1, 0.15) is 29.5 Å². The van der Waals surface area contributed by atoms with Crippen molar-refractivity contribution >= 4 is 11.7 Å². The fourth-order valence-corrected chi connectivity index (χ4v) is 3.66. The quantitative estimate of drug-likeness (QED) is 0.689. The van der Waals surface area contributed by atoms with Crippen molar-refractivity contribution in [3.8, 4) is 22.9 Å². The summed E-state index contributed by atoms with van der Waals surface area (Å²) >= 11 is 0. The van der Waals surface area contributed by atoms with Gasteiger partial charge in [-0.2, -0.15) is 0 Å². The van der Waals surface area contributed by atoms with Crippen LogP contribution in [0, 0.1) is 11.6 Å². The van der Waals surface area contributed by atoms with Gasteiger partial charge >= 0.3 is 0 Å². The van der Waals surface area contributed by atoms with Crippen molar-refractivity contribution in [1.82, 2.24) is 9.55 Å². The zero-order valence-corrected chi connectivity index (χ0v) is 16.5. The number of carbonyl (C=O) groups is 1. The Hall–Kier alpha value is -3.62. The highest BCUT2D eigenvalue weighted by Crippen LogP contribution is 2.44. The summed E-state index contributed by atoms with van der Waals surface area (Å²) in [5.74, 6) is -0.360. The number of benzene rings is 2. The second kappa shape index (κ2) is 7.66. The fraction of sp³-hybridized carbons (Fsp3) is 0.238. The molecule has 0 fully saturated rings. The van der Waals surface area contributed by atoms with Crippen LogP contribution in [0.3, 0.4) is 0 Å². The van der Waals surface area contributed by atoms with Gasteiger partial charge in [0.25, 0.3) is 0 Å². The van der Waals surface area contributed by atoms with Crippen LogP contribution < -0.4 is 19.5 Å². The molecule has 1 aliphatic heterocycles. The number of carbonyl (C=O) groups excluding carboxylic acids is 1. The van der Waals surface area contributed by atoms with Gasteiger partial charge in [0, 0.05) is 30.0 Å². The lowest BCUT2D eigenvalue weighted by molar-refractivity contribution is -0.116. The van der Waals surface area contributed by atoms with E-state index >= 15 is 0 Å². The van der Waals surface area contributed by atoms with Gasteiger partial charge in [-0.1, -0.05) is 0 Å². The van der Waals surface area contributed by atoms with Crippen LogP contribution in [0.15, 0.2) is 36.7 Å². The van der Waals surface area contributed by atoms with Crippen molar-refractivity contribution in [3.63, 3.8) is 0 Å². The molecule has 1 atom stereocenters. The molecule has 3 aromatic rings. The molecule has 7 nitrogen and oxygen atoms in total. The summed E-state index contributed by atoms with van der Waals surface area (Å²) in [5, 5.41) is 2.75. The van der Waals surface area contributed by atoms with Crippen LogP contribution in [0.2, 0.25) is 0 Å². The average Bonchev–Trinajstić information content (AvgIpc) is 3.15. The second-order valence-electron chi connectivity index (χ2n) is 6.73. The first-order valence-corrected chi connectivity index (χ1v) is 9.08. The number of halogens is 2. The predicted molar refractivity (Wildman–Crippen MR) is 105 cm³/mol. The zero-order chi connectivity index (χ0) is 21.4. The van der Waals surface area contributed by atoms with Gasteiger partial charge in [-0.25, -0.2) is 13.8 Å². The SMILES string of the molecule is COc1cc(OC)c([C@H]2CC(=O)Nc3c2ncn3-c2cc(F)cc(F)c2)cc1OC. The van der Waals surface area contributed by atoms with E-state index in [9.17, 15) is 13.6 Å². The Balaban J connectivity index is 1.86. The maximum absolute atomic E-state index is 13.7. The molecule has 0 aliphatic carbocycles. The molecule has 0 saturated heterocycles. The smallest absolute Gasteiger partial charge is 0.226 e. The van der Waals surface area contributed by atoms with Crippen molar-refractivity contribution in [2.45, 2.75) is 12.3 Å². The summed E-state index contributed by atoms with van der Waals surface area (Å²) in [6.45, 7) is 0. The van der Waals surface area contributed by atoms with Gasteiger partial charge in [-0.3, -0.25) is 9.36 Å². The molecule has 1 aromatic heterocycles. The Morgan fingerprint density at radius 2 is 1.60 bits per heavy atom. The normalized spacial score (nSPS) is 15.4. The highest BCUT2D eigenvalue weighted by molar-refractivity contribution is 5.94. The molecule has 0 spiro atoms. The summed E-state index contributed by atoms with van der Waals surface area (Å²) in [6, 6.07) is 6.53. The lowest BCUT2D eigenvalue weighted by atomic mass is 9.88. The van der Waals surface area contributed by atoms with E-state index in [1.807, 2.05) is 0 Å². The summed E-state index contributed by atoms with van der Waals surface area (Å²) in [7, 11) is 4.55. The molecule has 0 bridgehead atoms. The Morgan fingerprint density at radius 1 is 0.967 bits per heavy atom. The number of fused-ring (bicyclic) bond motifs is 1. The van der Waals surface area contributed by atoms with Gasteiger partial charge in [0.05, 0.1) is 32.7 Å². The Morgan fingerprint density at radius 3 is 2.23 bits per heavy atom. The molecule has 0 radical (unpaired) electrons. The highest BCUT2D eigenvalue weighted by Gasteiger charge is 2.33. The third-order valence-electron chi connectivity index (χ3n) is 5.01. The van der Waals surface area contributed by atoms with Crippen molar-refractivity contribution in [3.05, 3.63) is 59.6 Å². The molecule has 1 aliphatic rings. The number of anilines is 1. The molecule has 0 unspecified atom stereocenters. The predicted octanol–water partition coefficient (Wildman–Crippen LogP) is 3.65. The van der Waals surface area contributed by atoms with E-state index in [-0.39, 0.29) is 18.0 Å². The second-order valence-corrected chi connectivity index (χ2v) is 6.73. The summed E-state index contributed by atoms with van der Waals surface area (Å²) < 4.78 is 45.1. The number of methoxy groups -OCH3 is 3. The van der Waals surface area contributed by atoms with E-state index in [1.54, 1.807) is 12.1 Å². The third-order valence-corrected chi connectivity index (χ3v) is 5.01. The molecule has 156 valence electrons. The lowest BCUT2D eigenvalue weighted by Crippen LogP contribution is -2.25.